The number of halogens is 1. The number of hydrogen-bond acceptors (Lipinski definition) is 3. The van der Waals surface area contributed by atoms with Crippen molar-refractivity contribution in [3.05, 3.63) is 28.2 Å². The van der Waals surface area contributed by atoms with E-state index in [4.69, 9.17) is 4.74 Å². The fourth-order valence-corrected chi connectivity index (χ4v) is 1.95. The first-order valence-corrected chi connectivity index (χ1v) is 6.63. The Labute approximate surface area is 116 Å². The molecular weight excluding hydrogens is 296 g/mol. The molecule has 5 heteroatoms. The van der Waals surface area contributed by atoms with Gasteiger partial charge in [-0.25, -0.2) is 0 Å². The second-order valence-electron chi connectivity index (χ2n) is 4.07. The summed E-state index contributed by atoms with van der Waals surface area (Å²) in [6, 6.07) is 5.91. The minimum Gasteiger partial charge on any atom is -0.481 e. The maximum Gasteiger partial charge on any atom is 0.260 e. The van der Waals surface area contributed by atoms with Crippen LogP contribution in [0, 0.1) is 0 Å². The highest BCUT2D eigenvalue weighted by Crippen LogP contribution is 2.29. The summed E-state index contributed by atoms with van der Waals surface area (Å²) in [5.74, 6) is 0.581. The highest BCUT2D eigenvalue weighted by Gasteiger charge is 2.17. The van der Waals surface area contributed by atoms with E-state index in [1.165, 1.54) is 0 Å². The summed E-state index contributed by atoms with van der Waals surface area (Å²) in [4.78, 5) is 11.5. The largest absolute Gasteiger partial charge is 0.481 e. The summed E-state index contributed by atoms with van der Waals surface area (Å²) in [6.07, 6.45) is -0.515. The Morgan fingerprint density at radius 3 is 2.56 bits per heavy atom. The molecule has 0 radical (unpaired) electrons. The number of carbonyl (C=O) groups is 1. The summed E-state index contributed by atoms with van der Waals surface area (Å²) >= 11 is 3.44. The van der Waals surface area contributed by atoms with Crippen molar-refractivity contribution in [3.8, 4) is 5.75 Å². The predicted octanol–water partition coefficient (Wildman–Crippen LogP) is 2.24. The molecule has 0 aromatic heterocycles. The average molecular weight is 315 g/mol. The van der Waals surface area contributed by atoms with E-state index < -0.39 is 6.10 Å². The van der Waals surface area contributed by atoms with Gasteiger partial charge in [-0.3, -0.25) is 4.79 Å². The number of ether oxygens (including phenoxy) is 1. The van der Waals surface area contributed by atoms with Crippen LogP contribution in [0.15, 0.2) is 22.7 Å². The van der Waals surface area contributed by atoms with E-state index in [1.807, 2.05) is 32.2 Å². The van der Waals surface area contributed by atoms with Gasteiger partial charge in [-0.1, -0.05) is 15.9 Å². The van der Waals surface area contributed by atoms with Gasteiger partial charge in [0.1, 0.15) is 5.75 Å². The van der Waals surface area contributed by atoms with Crippen molar-refractivity contribution in [1.29, 1.82) is 0 Å². The van der Waals surface area contributed by atoms with Gasteiger partial charge in [-0.05, 0) is 39.1 Å². The molecule has 1 amide bonds. The normalized spacial score (nSPS) is 13.8. The van der Waals surface area contributed by atoms with Crippen LogP contribution in [0.5, 0.6) is 5.75 Å². The van der Waals surface area contributed by atoms with Crippen molar-refractivity contribution in [1.82, 2.24) is 10.6 Å². The summed E-state index contributed by atoms with van der Waals surface area (Å²) < 4.78 is 6.69. The van der Waals surface area contributed by atoms with E-state index in [2.05, 4.69) is 26.6 Å². The van der Waals surface area contributed by atoms with Gasteiger partial charge >= 0.3 is 0 Å². The van der Waals surface area contributed by atoms with Gasteiger partial charge in [0.2, 0.25) is 0 Å². The van der Waals surface area contributed by atoms with E-state index in [0.717, 1.165) is 15.8 Å². The lowest BCUT2D eigenvalue weighted by Crippen LogP contribution is -2.34. The van der Waals surface area contributed by atoms with E-state index in [1.54, 1.807) is 14.0 Å². The molecule has 0 saturated heterocycles. The number of nitrogens with one attached hydrogen (secondary N) is 2. The SMILES string of the molecule is CNC(=O)C(C)Oc1ccc(Br)cc1C(C)NC. The second kappa shape index (κ2) is 6.75. The van der Waals surface area contributed by atoms with Crippen molar-refractivity contribution < 1.29 is 9.53 Å². The molecule has 0 heterocycles. The summed E-state index contributed by atoms with van der Waals surface area (Å²) in [5, 5.41) is 5.73. The first kappa shape index (κ1) is 15.0. The molecule has 2 atom stereocenters. The topological polar surface area (TPSA) is 50.4 Å². The van der Waals surface area contributed by atoms with Crippen LogP contribution in [-0.4, -0.2) is 26.1 Å². The zero-order valence-electron chi connectivity index (χ0n) is 11.1. The van der Waals surface area contributed by atoms with Gasteiger partial charge in [0.05, 0.1) is 0 Å². The zero-order chi connectivity index (χ0) is 13.7. The molecule has 2 N–H and O–H groups in total. The van der Waals surface area contributed by atoms with Crippen molar-refractivity contribution in [3.63, 3.8) is 0 Å². The number of amides is 1. The molecule has 18 heavy (non-hydrogen) atoms. The van der Waals surface area contributed by atoms with Crippen molar-refractivity contribution >= 4 is 21.8 Å². The lowest BCUT2D eigenvalue weighted by atomic mass is 10.1. The molecule has 0 aliphatic heterocycles. The molecule has 1 aromatic carbocycles. The minimum atomic E-state index is -0.515. The predicted molar refractivity (Wildman–Crippen MR) is 75.8 cm³/mol. The molecule has 0 saturated carbocycles. The van der Waals surface area contributed by atoms with Crippen LogP contribution in [0.4, 0.5) is 0 Å². The molecule has 1 rings (SSSR count). The quantitative estimate of drug-likeness (QED) is 0.876. The Morgan fingerprint density at radius 1 is 1.33 bits per heavy atom. The van der Waals surface area contributed by atoms with Gasteiger partial charge in [0.25, 0.3) is 5.91 Å². The molecule has 100 valence electrons. The fraction of sp³-hybridized carbons (Fsp3) is 0.462. The third-order valence-corrected chi connectivity index (χ3v) is 3.28. The second-order valence-corrected chi connectivity index (χ2v) is 4.98. The first-order valence-electron chi connectivity index (χ1n) is 5.84. The fourth-order valence-electron chi connectivity index (χ4n) is 1.57. The first-order chi connectivity index (χ1) is 8.49. The van der Waals surface area contributed by atoms with Gasteiger partial charge in [0.15, 0.2) is 6.10 Å². The maximum atomic E-state index is 11.5. The van der Waals surface area contributed by atoms with Crippen LogP contribution in [0.3, 0.4) is 0 Å². The van der Waals surface area contributed by atoms with Crippen LogP contribution in [0.2, 0.25) is 0 Å². The lowest BCUT2D eigenvalue weighted by molar-refractivity contribution is -0.126. The molecule has 0 spiro atoms. The van der Waals surface area contributed by atoms with Gasteiger partial charge in [-0.2, -0.15) is 0 Å². The molecule has 0 fully saturated rings. The average Bonchev–Trinajstić information content (AvgIpc) is 2.38. The van der Waals surface area contributed by atoms with E-state index in [9.17, 15) is 4.79 Å². The maximum absolute atomic E-state index is 11.5. The minimum absolute atomic E-state index is 0.138. The van der Waals surface area contributed by atoms with Crippen LogP contribution >= 0.6 is 15.9 Å². The molecule has 0 aliphatic carbocycles. The lowest BCUT2D eigenvalue weighted by Gasteiger charge is -2.19. The molecule has 0 aliphatic rings. The van der Waals surface area contributed by atoms with E-state index >= 15 is 0 Å². The Kier molecular flexibility index (Phi) is 5.62. The monoisotopic (exact) mass is 314 g/mol. The molecule has 2 unspecified atom stereocenters. The third-order valence-electron chi connectivity index (χ3n) is 2.79. The Balaban J connectivity index is 2.97. The highest BCUT2D eigenvalue weighted by atomic mass is 79.9. The summed E-state index contributed by atoms with van der Waals surface area (Å²) in [7, 11) is 3.48. The van der Waals surface area contributed by atoms with Crippen molar-refractivity contribution in [2.24, 2.45) is 0 Å². The Hall–Kier alpha value is -1.07. The number of hydrogen-bond donors (Lipinski definition) is 2. The highest BCUT2D eigenvalue weighted by molar-refractivity contribution is 9.10. The molecule has 4 nitrogen and oxygen atoms in total. The van der Waals surface area contributed by atoms with Gasteiger partial charge in [-0.15, -0.1) is 0 Å². The molecular formula is C13H19BrN2O2. The number of likely N-dealkylation sites (N-methyl/N-ethyl adjacent to an activating group) is 1. The third kappa shape index (κ3) is 3.71. The number of rotatable bonds is 5. The van der Waals surface area contributed by atoms with Crippen LogP contribution < -0.4 is 15.4 Å². The smallest absolute Gasteiger partial charge is 0.260 e. The standard InChI is InChI=1S/C13H19BrN2O2/c1-8(15-3)11-7-10(14)5-6-12(11)18-9(2)13(17)16-4/h5-9,15H,1-4H3,(H,16,17). The molecule has 1 aromatic rings. The van der Waals surface area contributed by atoms with E-state index in [-0.39, 0.29) is 11.9 Å². The Bertz CT molecular complexity index is 423. The van der Waals surface area contributed by atoms with Gasteiger partial charge < -0.3 is 15.4 Å². The van der Waals surface area contributed by atoms with E-state index in [0.29, 0.717) is 0 Å². The van der Waals surface area contributed by atoms with Crippen molar-refractivity contribution in [2.75, 3.05) is 14.1 Å². The Morgan fingerprint density at radius 2 is 2.00 bits per heavy atom. The summed E-state index contributed by atoms with van der Waals surface area (Å²) in [6.45, 7) is 3.77. The van der Waals surface area contributed by atoms with Crippen LogP contribution in [0.25, 0.3) is 0 Å². The molecule has 0 bridgehead atoms. The summed E-state index contributed by atoms with van der Waals surface area (Å²) in [5.41, 5.74) is 1.02. The van der Waals surface area contributed by atoms with Crippen LogP contribution in [0.1, 0.15) is 25.5 Å². The zero-order valence-corrected chi connectivity index (χ0v) is 12.7. The number of carbonyl (C=O) groups excluding carboxylic acids is 1. The number of benzene rings is 1. The van der Waals surface area contributed by atoms with Crippen molar-refractivity contribution in [2.45, 2.75) is 26.0 Å². The van der Waals surface area contributed by atoms with Crippen LogP contribution in [-0.2, 0) is 4.79 Å². The van der Waals surface area contributed by atoms with Gasteiger partial charge in [0, 0.05) is 23.1 Å².